The molecule has 0 aromatic rings. The van der Waals surface area contributed by atoms with E-state index in [9.17, 15) is 19.0 Å². The monoisotopic (exact) mass is 1310 g/mol. The van der Waals surface area contributed by atoms with E-state index >= 15 is 0 Å². The van der Waals surface area contributed by atoms with E-state index in [4.69, 9.17) is 18.5 Å². The highest BCUT2D eigenvalue weighted by atomic mass is 31.2. The van der Waals surface area contributed by atoms with Gasteiger partial charge in [-0.25, -0.2) is 0 Å². The Bertz CT molecular complexity index is 2040. The van der Waals surface area contributed by atoms with Gasteiger partial charge in [0.2, 0.25) is 0 Å². The number of unbranched alkanes of at least 4 members (excludes halogenated alkanes) is 34. The number of rotatable bonds is 70. The average molecular weight is 1320 g/mol. The minimum absolute atomic E-state index is 0.0429. The first-order valence-electron chi connectivity index (χ1n) is 38.4. The highest BCUT2D eigenvalue weighted by molar-refractivity contribution is 7.45. The van der Waals surface area contributed by atoms with Gasteiger partial charge in [0.15, 0.2) is 6.10 Å². The number of hydrogen-bond acceptors (Lipinski definition) is 8. The molecular weight excluding hydrogens is 1170 g/mol. The Hall–Kier alpha value is -3.85. The molecule has 0 rings (SSSR count). The molecule has 0 aliphatic heterocycles. The smallest absolute Gasteiger partial charge is 0.306 e. The molecule has 0 bridgehead atoms. The molecule has 0 aromatic heterocycles. The summed E-state index contributed by atoms with van der Waals surface area (Å²) in [6.45, 7) is 4.12. The third-order valence-corrected chi connectivity index (χ3v) is 17.4. The lowest BCUT2D eigenvalue weighted by molar-refractivity contribution is -0.870. The Morgan fingerprint density at radius 3 is 0.914 bits per heavy atom. The van der Waals surface area contributed by atoms with Crippen LogP contribution in [0.2, 0.25) is 0 Å². The van der Waals surface area contributed by atoms with Gasteiger partial charge < -0.3 is 27.9 Å². The summed E-state index contributed by atoms with van der Waals surface area (Å²) in [5.41, 5.74) is 0. The summed E-state index contributed by atoms with van der Waals surface area (Å²) in [6.07, 6.45) is 106. The number of ether oxygens (including phenoxy) is 2. The van der Waals surface area contributed by atoms with E-state index in [1.165, 1.54) is 186 Å². The normalized spacial score (nSPS) is 13.8. The van der Waals surface area contributed by atoms with Crippen LogP contribution >= 0.6 is 7.82 Å². The minimum Gasteiger partial charge on any atom is -0.756 e. The Morgan fingerprint density at radius 2 is 0.613 bits per heavy atom. The third-order valence-electron chi connectivity index (χ3n) is 16.4. The molecule has 0 saturated carbocycles. The molecule has 93 heavy (non-hydrogen) atoms. The Balaban J connectivity index is 4.10. The number of hydrogen-bond donors (Lipinski definition) is 0. The van der Waals surface area contributed by atoms with Crippen LogP contribution in [0.15, 0.2) is 134 Å². The molecule has 534 valence electrons. The molecule has 0 aliphatic rings. The van der Waals surface area contributed by atoms with Gasteiger partial charge in [0.25, 0.3) is 7.82 Å². The second-order valence-corrected chi connectivity index (χ2v) is 28.1. The maximum atomic E-state index is 12.9. The van der Waals surface area contributed by atoms with Crippen molar-refractivity contribution in [3.05, 3.63) is 134 Å². The molecule has 2 atom stereocenters. The van der Waals surface area contributed by atoms with Crippen LogP contribution in [0.3, 0.4) is 0 Å². The summed E-state index contributed by atoms with van der Waals surface area (Å²) in [4.78, 5) is 38.1. The molecule has 10 heteroatoms. The average Bonchev–Trinajstić information content (AvgIpc) is 2.27. The van der Waals surface area contributed by atoms with Crippen molar-refractivity contribution in [3.63, 3.8) is 0 Å². The van der Waals surface area contributed by atoms with Crippen molar-refractivity contribution in [1.29, 1.82) is 0 Å². The number of carbonyl (C=O) groups excluding carboxylic acids is 2. The van der Waals surface area contributed by atoms with E-state index in [2.05, 4.69) is 148 Å². The number of nitrogens with zero attached hydrogens (tertiary/aromatic N) is 1. The quantitative estimate of drug-likeness (QED) is 0.0195. The molecule has 2 unspecified atom stereocenters. The number of phosphoric acid groups is 1. The number of likely N-dealkylation sites (N-methyl/N-ethyl adjacent to an activating group) is 1. The van der Waals surface area contributed by atoms with Gasteiger partial charge in [-0.15, -0.1) is 0 Å². The van der Waals surface area contributed by atoms with Crippen molar-refractivity contribution in [2.24, 2.45) is 0 Å². The van der Waals surface area contributed by atoms with E-state index in [1.807, 2.05) is 21.1 Å². The zero-order valence-corrected chi connectivity index (χ0v) is 61.8. The highest BCUT2D eigenvalue weighted by Gasteiger charge is 2.22. The van der Waals surface area contributed by atoms with Gasteiger partial charge in [-0.2, -0.15) is 0 Å². The van der Waals surface area contributed by atoms with Crippen molar-refractivity contribution in [2.45, 2.75) is 335 Å². The number of esters is 2. The van der Waals surface area contributed by atoms with Gasteiger partial charge in [-0.1, -0.05) is 353 Å². The van der Waals surface area contributed by atoms with Crippen LogP contribution in [0, 0.1) is 0 Å². The summed E-state index contributed by atoms with van der Waals surface area (Å²) >= 11 is 0. The predicted molar refractivity (Wildman–Crippen MR) is 401 cm³/mol. The summed E-state index contributed by atoms with van der Waals surface area (Å²) in [6, 6.07) is 0. The zero-order chi connectivity index (χ0) is 67.6. The molecule has 0 aliphatic carbocycles. The highest BCUT2D eigenvalue weighted by Crippen LogP contribution is 2.38. The van der Waals surface area contributed by atoms with Gasteiger partial charge in [0.05, 0.1) is 27.7 Å². The number of quaternary nitrogens is 1. The molecule has 0 radical (unpaired) electrons. The molecule has 0 spiro atoms. The lowest BCUT2D eigenvalue weighted by atomic mass is 10.0. The van der Waals surface area contributed by atoms with Crippen LogP contribution in [0.1, 0.15) is 328 Å². The number of carbonyl (C=O) groups is 2. The van der Waals surface area contributed by atoms with Crippen LogP contribution < -0.4 is 4.89 Å². The van der Waals surface area contributed by atoms with Crippen LogP contribution in [-0.2, 0) is 32.7 Å². The first-order valence-corrected chi connectivity index (χ1v) is 39.9. The second-order valence-electron chi connectivity index (χ2n) is 26.6. The van der Waals surface area contributed by atoms with Gasteiger partial charge in [-0.3, -0.25) is 14.2 Å². The standard InChI is InChI=1S/C83H144NO8P/c1-6-8-10-12-14-16-18-20-22-24-26-28-30-32-34-36-38-40-41-42-43-44-46-48-50-52-54-56-58-60-62-64-66-68-70-72-74-76-83(86)92-81(80-91-93(87,88)90-78-77-84(3,4)5)79-89-82(85)75-73-71-69-67-65-63-61-59-57-55-53-51-49-47-45-39-37-35-33-31-29-27-25-23-21-19-17-15-13-11-9-7-2/h8,10,14,16,20,22,26,28,32,34,38,40,42-43,46,48,52,54,58,60,64,66,81H,6-7,9,11-13,15,17-19,21,23-25,27,29-31,33,35-37,39,41,44-45,47,49-51,53,55-57,59,61-63,65,67-80H2,1-5H3/b10-8-,16-14-,22-20-,28-26-,34-32-,40-38-,43-42-,48-46-,54-52-,60-58-,66-64-. The lowest BCUT2D eigenvalue weighted by Crippen LogP contribution is -2.37. The molecule has 0 heterocycles. The van der Waals surface area contributed by atoms with Crippen molar-refractivity contribution in [3.8, 4) is 0 Å². The topological polar surface area (TPSA) is 111 Å². The van der Waals surface area contributed by atoms with Crippen molar-refractivity contribution >= 4 is 19.8 Å². The van der Waals surface area contributed by atoms with Crippen LogP contribution in [0.4, 0.5) is 0 Å². The van der Waals surface area contributed by atoms with Crippen molar-refractivity contribution in [2.75, 3.05) is 47.5 Å². The van der Waals surface area contributed by atoms with Crippen LogP contribution in [0.25, 0.3) is 0 Å². The lowest BCUT2D eigenvalue weighted by Gasteiger charge is -2.28. The zero-order valence-electron chi connectivity index (χ0n) is 60.9. The van der Waals surface area contributed by atoms with E-state index in [1.54, 1.807) is 0 Å². The maximum Gasteiger partial charge on any atom is 0.306 e. The van der Waals surface area contributed by atoms with Gasteiger partial charge in [-0.05, 0) is 96.3 Å². The van der Waals surface area contributed by atoms with Crippen LogP contribution in [-0.4, -0.2) is 70.0 Å². The Kier molecular flexibility index (Phi) is 69.4. The molecule has 0 aromatic carbocycles. The molecule has 0 saturated heterocycles. The molecule has 0 fully saturated rings. The molecule has 9 nitrogen and oxygen atoms in total. The fraction of sp³-hybridized carbons (Fsp3) is 0.711. The SMILES string of the molecule is CC/C=C\C/C=C\C/C=C\C/C=C\C/C=C\C/C=C\C/C=C\C/C=C\C/C=C\C/C=C\C/C=C\CCCCCC(=O)OC(COC(=O)CCCCCCCCCCCCCCCCCCCCCCCCCCCCCCCCCC)COP(=O)([O-])OCC[N+](C)(C)C. The van der Waals surface area contributed by atoms with Gasteiger partial charge in [0, 0.05) is 12.8 Å². The van der Waals surface area contributed by atoms with Gasteiger partial charge in [0.1, 0.15) is 19.8 Å². The Morgan fingerprint density at radius 1 is 0.344 bits per heavy atom. The summed E-state index contributed by atoms with van der Waals surface area (Å²) in [5.74, 6) is -0.868. The molecule has 0 amide bonds. The van der Waals surface area contributed by atoms with Crippen LogP contribution in [0.5, 0.6) is 0 Å². The van der Waals surface area contributed by atoms with E-state index in [-0.39, 0.29) is 26.1 Å². The first-order chi connectivity index (χ1) is 45.5. The summed E-state index contributed by atoms with van der Waals surface area (Å²) < 4.78 is 34.3. The second kappa shape index (κ2) is 72.4. The predicted octanol–water partition coefficient (Wildman–Crippen LogP) is 24.9. The molecular formula is C83H144NO8P. The van der Waals surface area contributed by atoms with E-state index in [0.29, 0.717) is 17.4 Å². The van der Waals surface area contributed by atoms with Crippen molar-refractivity contribution in [1.82, 2.24) is 0 Å². The molecule has 0 N–H and O–H groups in total. The third kappa shape index (κ3) is 77.0. The first kappa shape index (κ1) is 89.2. The van der Waals surface area contributed by atoms with Crippen molar-refractivity contribution < 1.29 is 42.1 Å². The maximum absolute atomic E-state index is 12.9. The number of phosphoric ester groups is 1. The van der Waals surface area contributed by atoms with Gasteiger partial charge >= 0.3 is 11.9 Å². The fourth-order valence-electron chi connectivity index (χ4n) is 10.6. The van der Waals surface area contributed by atoms with E-state index in [0.717, 1.165) is 109 Å². The largest absolute Gasteiger partial charge is 0.756 e. The fourth-order valence-corrected chi connectivity index (χ4v) is 11.3. The number of allylic oxidation sites excluding steroid dienone is 22. The minimum atomic E-state index is -4.66. The summed E-state index contributed by atoms with van der Waals surface area (Å²) in [5, 5.41) is 0. The Labute approximate surface area is 574 Å². The summed E-state index contributed by atoms with van der Waals surface area (Å²) in [7, 11) is 1.14. The van der Waals surface area contributed by atoms with E-state index < -0.39 is 32.5 Å².